The van der Waals surface area contributed by atoms with Crippen molar-refractivity contribution < 1.29 is 29.4 Å². The predicted molar refractivity (Wildman–Crippen MR) is 200 cm³/mol. The van der Waals surface area contributed by atoms with Gasteiger partial charge in [-0.3, -0.25) is 19.2 Å². The Hall–Kier alpha value is -6.52. The van der Waals surface area contributed by atoms with Crippen molar-refractivity contribution in [1.82, 2.24) is 30.6 Å². The lowest BCUT2D eigenvalue weighted by atomic mass is 9.98. The molecule has 0 fully saturated rings. The van der Waals surface area contributed by atoms with E-state index in [-0.39, 0.29) is 57.8 Å². The van der Waals surface area contributed by atoms with Gasteiger partial charge in [-0.2, -0.15) is 0 Å². The van der Waals surface area contributed by atoms with Gasteiger partial charge >= 0.3 is 11.9 Å². The molecule has 0 radical (unpaired) electrons. The maximum atomic E-state index is 12.6. The summed E-state index contributed by atoms with van der Waals surface area (Å²) in [7, 11) is 0. The summed E-state index contributed by atoms with van der Waals surface area (Å²) < 4.78 is 0. The van der Waals surface area contributed by atoms with Gasteiger partial charge in [0.25, 0.3) is 11.8 Å². The third-order valence-corrected chi connectivity index (χ3v) is 8.15. The molecule has 18 heteroatoms. The van der Waals surface area contributed by atoms with Crippen LogP contribution in [-0.4, -0.2) is 53.9 Å². The van der Waals surface area contributed by atoms with Gasteiger partial charge in [-0.05, 0) is 34.7 Å². The van der Waals surface area contributed by atoms with Gasteiger partial charge in [-0.15, -0.1) is 0 Å². The van der Waals surface area contributed by atoms with E-state index in [4.69, 9.17) is 51.2 Å². The monoisotopic (exact) mass is 760 g/mol. The van der Waals surface area contributed by atoms with Crippen LogP contribution in [-0.2, 0) is 9.59 Å². The van der Waals surface area contributed by atoms with E-state index in [0.29, 0.717) is 11.1 Å². The number of nitrogen functional groups attached to an aromatic ring is 4. The van der Waals surface area contributed by atoms with Gasteiger partial charge in [0, 0.05) is 0 Å². The highest BCUT2D eigenvalue weighted by atomic mass is 35.5. The Kier molecular flexibility index (Phi) is 13.0. The Bertz CT molecular complexity index is 2140. The average Bonchev–Trinajstić information content (AvgIpc) is 3.11. The molecule has 5 rings (SSSR count). The van der Waals surface area contributed by atoms with Crippen LogP contribution >= 0.6 is 23.2 Å². The van der Waals surface area contributed by atoms with E-state index in [1.54, 1.807) is 24.3 Å². The number of halogens is 2. The summed E-state index contributed by atoms with van der Waals surface area (Å²) in [5, 5.41) is 23.3. The van der Waals surface area contributed by atoms with Crippen molar-refractivity contribution in [2.45, 2.75) is 31.8 Å². The van der Waals surface area contributed by atoms with Crippen LogP contribution in [0.15, 0.2) is 78.9 Å². The Morgan fingerprint density at radius 1 is 0.604 bits per heavy atom. The number of rotatable bonds is 11. The van der Waals surface area contributed by atoms with Crippen LogP contribution in [0.4, 0.5) is 23.3 Å². The molecule has 5 aromatic rings. The van der Waals surface area contributed by atoms with E-state index in [2.05, 4.69) is 30.6 Å². The molecular formula is C35H34Cl2N10O6. The van der Waals surface area contributed by atoms with Gasteiger partial charge in [-0.25, -0.2) is 19.9 Å². The summed E-state index contributed by atoms with van der Waals surface area (Å²) in [5.74, 6) is -4.08. The second kappa shape index (κ2) is 17.6. The number of aryl methyl sites for hydroxylation is 1. The van der Waals surface area contributed by atoms with E-state index >= 15 is 0 Å². The molecule has 2 heterocycles. The minimum Gasteiger partial charge on any atom is -0.481 e. The molecule has 3 aromatic carbocycles. The van der Waals surface area contributed by atoms with Gasteiger partial charge in [0.1, 0.15) is 0 Å². The lowest BCUT2D eigenvalue weighted by Crippen LogP contribution is -2.32. The fourth-order valence-corrected chi connectivity index (χ4v) is 5.28. The van der Waals surface area contributed by atoms with Gasteiger partial charge in [-0.1, -0.05) is 102 Å². The molecule has 0 spiro atoms. The Labute approximate surface area is 312 Å². The highest BCUT2D eigenvalue weighted by Gasteiger charge is 2.24. The number of amides is 2. The molecule has 0 aliphatic carbocycles. The number of aliphatic carboxylic acids is 2. The largest absolute Gasteiger partial charge is 0.481 e. The van der Waals surface area contributed by atoms with E-state index in [1.165, 1.54) is 0 Å². The van der Waals surface area contributed by atoms with Crippen LogP contribution in [0.2, 0.25) is 10.3 Å². The smallest absolute Gasteiger partial charge is 0.305 e. The first kappa shape index (κ1) is 39.3. The minimum atomic E-state index is -1.07. The molecule has 53 heavy (non-hydrogen) atoms. The molecule has 1 unspecified atom stereocenters. The molecule has 0 aliphatic heterocycles. The molecule has 0 bridgehead atoms. The van der Waals surface area contributed by atoms with Crippen molar-refractivity contribution >= 4 is 70.2 Å². The van der Waals surface area contributed by atoms with Crippen molar-refractivity contribution in [3.05, 3.63) is 117 Å². The van der Waals surface area contributed by atoms with Gasteiger partial charge in [0.2, 0.25) is 0 Å². The quantitative estimate of drug-likeness (QED) is 0.0923. The first-order valence-electron chi connectivity index (χ1n) is 15.6. The van der Waals surface area contributed by atoms with Crippen molar-refractivity contribution in [3.63, 3.8) is 0 Å². The van der Waals surface area contributed by atoms with Crippen molar-refractivity contribution in [3.8, 4) is 11.1 Å². The van der Waals surface area contributed by atoms with Crippen LogP contribution in [0.5, 0.6) is 0 Å². The summed E-state index contributed by atoms with van der Waals surface area (Å²) >= 11 is 11.6. The number of nitrogens with two attached hydrogens (primary N) is 4. The number of carbonyl (C=O) groups excluding carboxylic acids is 2. The molecule has 16 nitrogen and oxygen atoms in total. The predicted octanol–water partition coefficient (Wildman–Crippen LogP) is 4.46. The van der Waals surface area contributed by atoms with E-state index < -0.39 is 35.8 Å². The molecule has 2 amide bonds. The van der Waals surface area contributed by atoms with Crippen LogP contribution in [0.1, 0.15) is 62.6 Å². The fourth-order valence-electron chi connectivity index (χ4n) is 5.03. The number of hydrogen-bond acceptors (Lipinski definition) is 12. The van der Waals surface area contributed by atoms with E-state index in [1.807, 2.05) is 61.5 Å². The second-order valence-electron chi connectivity index (χ2n) is 11.4. The molecule has 2 atom stereocenters. The molecule has 274 valence electrons. The van der Waals surface area contributed by atoms with Gasteiger partial charge in [0.05, 0.1) is 24.9 Å². The summed E-state index contributed by atoms with van der Waals surface area (Å²) in [6, 6.07) is 22.6. The van der Waals surface area contributed by atoms with Crippen molar-refractivity contribution in [2.75, 3.05) is 22.9 Å². The second-order valence-corrected chi connectivity index (χ2v) is 12.1. The summed E-state index contributed by atoms with van der Waals surface area (Å²) in [5.41, 5.74) is 26.0. The molecule has 2 aromatic heterocycles. The number of nitrogens with one attached hydrogen (secondary N) is 2. The van der Waals surface area contributed by atoms with Crippen molar-refractivity contribution in [2.24, 2.45) is 0 Å². The standard InChI is InChI=1S/C20H18ClN5O3.C15H16ClN5O3/c21-17-19(23)26-18(22)16(25-17)20(29)24-14(10-15(27)28)13-8-6-12(7-9-13)11-4-2-1-3-5-11;1-7-4-2-3-5-8(7)9(6-10(22)23)19-15(24)11-13(17)21-14(18)12(16)20-11/h1-9,14H,10H2,(H,24,29)(H,27,28)(H4,22,23,26);2-5,9H,6H2,1H3,(H,19,24)(H,22,23)(H4,17,18,21)/t;9-/m.0/s1. The zero-order valence-electron chi connectivity index (χ0n) is 28.0. The summed E-state index contributed by atoms with van der Waals surface area (Å²) in [4.78, 5) is 62.6. The van der Waals surface area contributed by atoms with E-state index in [0.717, 1.165) is 16.7 Å². The zero-order valence-corrected chi connectivity index (χ0v) is 29.5. The number of nitrogens with zero attached hydrogens (tertiary/aromatic N) is 4. The maximum Gasteiger partial charge on any atom is 0.305 e. The Morgan fingerprint density at radius 3 is 1.53 bits per heavy atom. The van der Waals surface area contributed by atoms with Crippen molar-refractivity contribution in [1.29, 1.82) is 0 Å². The number of aromatic nitrogens is 4. The third kappa shape index (κ3) is 10.5. The summed E-state index contributed by atoms with van der Waals surface area (Å²) in [6.07, 6.45) is -0.626. The molecule has 0 saturated heterocycles. The topological polar surface area (TPSA) is 288 Å². The number of hydrogen-bond donors (Lipinski definition) is 8. The summed E-state index contributed by atoms with van der Waals surface area (Å²) in [6.45, 7) is 1.82. The zero-order chi connectivity index (χ0) is 38.8. The molecule has 12 N–H and O–H groups in total. The third-order valence-electron chi connectivity index (χ3n) is 7.59. The first-order valence-corrected chi connectivity index (χ1v) is 16.3. The fraction of sp³-hybridized carbons (Fsp3) is 0.143. The maximum absolute atomic E-state index is 12.6. The van der Waals surface area contributed by atoms with Crippen LogP contribution in [0.3, 0.4) is 0 Å². The number of benzene rings is 3. The lowest BCUT2D eigenvalue weighted by Gasteiger charge is -2.19. The highest BCUT2D eigenvalue weighted by Crippen LogP contribution is 2.26. The first-order chi connectivity index (χ1) is 25.1. The highest BCUT2D eigenvalue weighted by molar-refractivity contribution is 6.32. The van der Waals surface area contributed by atoms with Crippen LogP contribution in [0, 0.1) is 6.92 Å². The SMILES string of the molecule is Cc1ccccc1[C@H](CC(=O)O)NC(=O)c1nc(Cl)c(N)nc1N.Nc1nc(N)c(C(=O)NC(CC(=O)O)c2ccc(-c3ccccc3)cc2)nc1Cl. The number of carboxylic acids is 2. The normalized spacial score (nSPS) is 11.7. The van der Waals surface area contributed by atoms with Crippen LogP contribution in [0.25, 0.3) is 11.1 Å². The van der Waals surface area contributed by atoms with Crippen LogP contribution < -0.4 is 33.6 Å². The number of anilines is 4. The minimum absolute atomic E-state index is 0.0910. The molecule has 0 saturated carbocycles. The Balaban J connectivity index is 0.000000241. The number of carbonyl (C=O) groups is 4. The molecule has 0 aliphatic rings. The van der Waals surface area contributed by atoms with Gasteiger partial charge in [0.15, 0.2) is 45.0 Å². The number of carboxylic acid groups (broad SMARTS) is 2. The van der Waals surface area contributed by atoms with Gasteiger partial charge < -0.3 is 43.8 Å². The average molecular weight is 762 g/mol. The lowest BCUT2D eigenvalue weighted by molar-refractivity contribution is -0.138. The molecular weight excluding hydrogens is 727 g/mol. The van der Waals surface area contributed by atoms with E-state index in [9.17, 15) is 24.3 Å². The Morgan fingerprint density at radius 2 is 1.04 bits per heavy atom.